The van der Waals surface area contributed by atoms with E-state index in [1.165, 1.54) is 0 Å². The molecular weight excluding hydrogens is 225 g/mol. The molecule has 0 atom stereocenters. The van der Waals surface area contributed by atoms with E-state index < -0.39 is 18.3 Å². The van der Waals surface area contributed by atoms with Crippen LogP contribution in [0.25, 0.3) is 0 Å². The minimum atomic E-state index is -4.35. The molecule has 0 aliphatic carbocycles. The Morgan fingerprint density at radius 3 is 2.38 bits per heavy atom. The van der Waals surface area contributed by atoms with Crippen LogP contribution in [0, 0.1) is 0 Å². The SMILES string of the molecule is CC(C)(CN)NC(=O)CCOCC(F)(F)F. The fourth-order valence-electron chi connectivity index (χ4n) is 0.844. The summed E-state index contributed by atoms with van der Waals surface area (Å²) in [5.74, 6) is -0.377. The summed E-state index contributed by atoms with van der Waals surface area (Å²) >= 11 is 0. The van der Waals surface area contributed by atoms with Gasteiger partial charge in [-0.1, -0.05) is 0 Å². The molecule has 3 N–H and O–H groups in total. The largest absolute Gasteiger partial charge is 0.411 e. The highest BCUT2D eigenvalue weighted by Crippen LogP contribution is 2.14. The molecule has 0 fully saturated rings. The van der Waals surface area contributed by atoms with Crippen molar-refractivity contribution in [3.63, 3.8) is 0 Å². The van der Waals surface area contributed by atoms with Gasteiger partial charge in [0.1, 0.15) is 6.61 Å². The first-order chi connectivity index (χ1) is 7.16. The standard InChI is InChI=1S/C9H17F3N2O2/c1-8(2,5-13)14-7(15)3-4-16-6-9(10,11)12/h3-6,13H2,1-2H3,(H,14,15). The summed E-state index contributed by atoms with van der Waals surface area (Å²) in [6, 6.07) is 0. The van der Waals surface area contributed by atoms with E-state index in [2.05, 4.69) is 10.1 Å². The summed E-state index contributed by atoms with van der Waals surface area (Å²) in [5, 5.41) is 2.58. The Morgan fingerprint density at radius 2 is 1.94 bits per heavy atom. The van der Waals surface area contributed by atoms with E-state index in [-0.39, 0.29) is 25.5 Å². The van der Waals surface area contributed by atoms with Crippen molar-refractivity contribution in [2.75, 3.05) is 19.8 Å². The Hall–Kier alpha value is -0.820. The van der Waals surface area contributed by atoms with Crippen LogP contribution in [0.4, 0.5) is 13.2 Å². The molecule has 0 aromatic rings. The lowest BCUT2D eigenvalue weighted by Gasteiger charge is -2.24. The van der Waals surface area contributed by atoms with Crippen LogP contribution in [-0.2, 0) is 9.53 Å². The van der Waals surface area contributed by atoms with E-state index in [0.717, 1.165) is 0 Å². The molecule has 0 saturated carbocycles. The number of carbonyl (C=O) groups is 1. The van der Waals surface area contributed by atoms with Gasteiger partial charge in [-0.2, -0.15) is 13.2 Å². The fraction of sp³-hybridized carbons (Fsp3) is 0.889. The molecular formula is C9H17F3N2O2. The highest BCUT2D eigenvalue weighted by Gasteiger charge is 2.27. The molecule has 0 radical (unpaired) electrons. The van der Waals surface area contributed by atoms with E-state index in [0.29, 0.717) is 0 Å². The average molecular weight is 242 g/mol. The van der Waals surface area contributed by atoms with Crippen molar-refractivity contribution in [1.82, 2.24) is 5.32 Å². The molecule has 1 amide bonds. The highest BCUT2D eigenvalue weighted by molar-refractivity contribution is 5.76. The normalized spacial score (nSPS) is 12.6. The number of amides is 1. The average Bonchev–Trinajstić information content (AvgIpc) is 2.10. The summed E-state index contributed by atoms with van der Waals surface area (Å²) in [6.45, 7) is 2.11. The molecule has 0 aliphatic rings. The van der Waals surface area contributed by atoms with Gasteiger partial charge in [0.05, 0.1) is 6.61 Å². The number of hydrogen-bond acceptors (Lipinski definition) is 3. The van der Waals surface area contributed by atoms with Crippen LogP contribution in [-0.4, -0.2) is 37.4 Å². The molecule has 0 aromatic heterocycles. The summed E-state index contributed by atoms with van der Waals surface area (Å²) < 4.78 is 39.3. The highest BCUT2D eigenvalue weighted by atomic mass is 19.4. The molecule has 0 heterocycles. The van der Waals surface area contributed by atoms with Crippen LogP contribution in [0.2, 0.25) is 0 Å². The molecule has 0 bridgehead atoms. The number of rotatable bonds is 6. The lowest BCUT2D eigenvalue weighted by molar-refractivity contribution is -0.174. The third-order valence-corrected chi connectivity index (χ3v) is 1.73. The number of nitrogens with two attached hydrogens (primary N) is 1. The predicted octanol–water partition coefficient (Wildman–Crippen LogP) is 0.809. The van der Waals surface area contributed by atoms with Gasteiger partial charge in [0.2, 0.25) is 5.91 Å². The van der Waals surface area contributed by atoms with Gasteiger partial charge in [0.25, 0.3) is 0 Å². The molecule has 96 valence electrons. The van der Waals surface area contributed by atoms with Crippen LogP contribution in [0.15, 0.2) is 0 Å². The maximum Gasteiger partial charge on any atom is 0.411 e. The van der Waals surface area contributed by atoms with Crippen molar-refractivity contribution in [2.24, 2.45) is 5.73 Å². The molecule has 0 unspecified atom stereocenters. The fourth-order valence-corrected chi connectivity index (χ4v) is 0.844. The van der Waals surface area contributed by atoms with E-state index >= 15 is 0 Å². The monoisotopic (exact) mass is 242 g/mol. The lowest BCUT2D eigenvalue weighted by Crippen LogP contribution is -2.49. The van der Waals surface area contributed by atoms with Gasteiger partial charge >= 0.3 is 6.18 Å². The van der Waals surface area contributed by atoms with Crippen molar-refractivity contribution in [1.29, 1.82) is 0 Å². The van der Waals surface area contributed by atoms with Crippen molar-refractivity contribution >= 4 is 5.91 Å². The zero-order valence-corrected chi connectivity index (χ0v) is 9.36. The third-order valence-electron chi connectivity index (χ3n) is 1.73. The summed E-state index contributed by atoms with van der Waals surface area (Å²) in [5.41, 5.74) is 4.82. The first kappa shape index (κ1) is 15.2. The number of carbonyl (C=O) groups excluding carboxylic acids is 1. The number of alkyl halides is 3. The van der Waals surface area contributed by atoms with Crippen molar-refractivity contribution in [3.05, 3.63) is 0 Å². The molecule has 16 heavy (non-hydrogen) atoms. The van der Waals surface area contributed by atoms with Crippen LogP contribution >= 0.6 is 0 Å². The molecule has 7 heteroatoms. The summed E-state index contributed by atoms with van der Waals surface area (Å²) in [7, 11) is 0. The van der Waals surface area contributed by atoms with Gasteiger partial charge in [-0.25, -0.2) is 0 Å². The van der Waals surface area contributed by atoms with Gasteiger partial charge in [0, 0.05) is 18.5 Å². The third kappa shape index (κ3) is 8.49. The Bertz CT molecular complexity index is 229. The Labute approximate surface area is 92.3 Å². The first-order valence-corrected chi connectivity index (χ1v) is 4.82. The Balaban J connectivity index is 3.67. The van der Waals surface area contributed by atoms with Gasteiger partial charge < -0.3 is 15.8 Å². The van der Waals surface area contributed by atoms with Gasteiger partial charge in [-0.3, -0.25) is 4.79 Å². The number of ether oxygens (including phenoxy) is 1. The topological polar surface area (TPSA) is 64.3 Å². The van der Waals surface area contributed by atoms with E-state index in [9.17, 15) is 18.0 Å². The minimum absolute atomic E-state index is 0.112. The number of hydrogen-bond donors (Lipinski definition) is 2. The van der Waals surface area contributed by atoms with E-state index in [1.54, 1.807) is 13.8 Å². The van der Waals surface area contributed by atoms with Crippen molar-refractivity contribution < 1.29 is 22.7 Å². The zero-order valence-electron chi connectivity index (χ0n) is 9.36. The molecule has 0 aliphatic heterocycles. The lowest BCUT2D eigenvalue weighted by atomic mass is 10.1. The van der Waals surface area contributed by atoms with E-state index in [4.69, 9.17) is 5.73 Å². The van der Waals surface area contributed by atoms with Gasteiger partial charge in [0.15, 0.2) is 0 Å². The Kier molecular flexibility index (Phi) is 5.74. The second-order valence-corrected chi connectivity index (χ2v) is 4.05. The van der Waals surface area contributed by atoms with Crippen LogP contribution in [0.5, 0.6) is 0 Å². The molecule has 0 saturated heterocycles. The van der Waals surface area contributed by atoms with Crippen LogP contribution in [0.1, 0.15) is 20.3 Å². The Morgan fingerprint density at radius 1 is 1.38 bits per heavy atom. The van der Waals surface area contributed by atoms with Crippen molar-refractivity contribution in [3.8, 4) is 0 Å². The van der Waals surface area contributed by atoms with Gasteiger partial charge in [-0.15, -0.1) is 0 Å². The van der Waals surface area contributed by atoms with E-state index in [1.807, 2.05) is 0 Å². The number of nitrogens with one attached hydrogen (secondary N) is 1. The maximum absolute atomic E-state index is 11.7. The van der Waals surface area contributed by atoms with Crippen molar-refractivity contribution in [2.45, 2.75) is 32.0 Å². The quantitative estimate of drug-likeness (QED) is 0.677. The second-order valence-electron chi connectivity index (χ2n) is 4.05. The second kappa shape index (κ2) is 6.05. The number of halogens is 3. The summed E-state index contributed by atoms with van der Waals surface area (Å²) in [4.78, 5) is 11.2. The molecule has 0 spiro atoms. The minimum Gasteiger partial charge on any atom is -0.372 e. The molecule has 0 aromatic carbocycles. The maximum atomic E-state index is 11.7. The first-order valence-electron chi connectivity index (χ1n) is 4.82. The predicted molar refractivity (Wildman–Crippen MR) is 52.8 cm³/mol. The zero-order chi connectivity index (χ0) is 12.8. The smallest absolute Gasteiger partial charge is 0.372 e. The molecule has 4 nitrogen and oxygen atoms in total. The molecule has 0 rings (SSSR count). The summed E-state index contributed by atoms with van der Waals surface area (Å²) in [6.07, 6.45) is -4.47. The van der Waals surface area contributed by atoms with Gasteiger partial charge in [-0.05, 0) is 13.8 Å². The van der Waals surface area contributed by atoms with Crippen LogP contribution < -0.4 is 11.1 Å². The van der Waals surface area contributed by atoms with Crippen LogP contribution in [0.3, 0.4) is 0 Å².